The van der Waals surface area contributed by atoms with E-state index in [4.69, 9.17) is 14.5 Å². The van der Waals surface area contributed by atoms with Crippen LogP contribution in [0.1, 0.15) is 5.89 Å². The number of hydrogen-bond acceptors (Lipinski definition) is 6. The van der Waals surface area contributed by atoms with Gasteiger partial charge in [0, 0.05) is 17.4 Å². The van der Waals surface area contributed by atoms with Crippen molar-refractivity contribution in [3.63, 3.8) is 0 Å². The number of rotatable bonds is 3. The number of hydrogen-bond donors (Lipinski definition) is 2. The molecule has 0 saturated carbocycles. The Bertz CT molecular complexity index is 969. The Labute approximate surface area is 162 Å². The topological polar surface area (TPSA) is 79.4 Å². The fourth-order valence-electron chi connectivity index (χ4n) is 2.37. The van der Waals surface area contributed by atoms with Crippen molar-refractivity contribution in [2.75, 3.05) is 0 Å². The van der Waals surface area contributed by atoms with Gasteiger partial charge in [0.15, 0.2) is 0 Å². The van der Waals surface area contributed by atoms with Gasteiger partial charge >= 0.3 is 7.12 Å². The summed E-state index contributed by atoms with van der Waals surface area (Å²) in [6, 6.07) is 19.2. The molecular weight excluding hydrogens is 358 g/mol. The first-order chi connectivity index (χ1) is 13.0. The van der Waals surface area contributed by atoms with Gasteiger partial charge in [0.1, 0.15) is 7.85 Å². The van der Waals surface area contributed by atoms with Crippen LogP contribution in [0, 0.1) is 6.92 Å². The van der Waals surface area contributed by atoms with Crippen LogP contribution >= 0.6 is 11.3 Å². The SMILES string of the molecule is Bc1ccc(-c2nnc(C)o2)cc1.OB(O)c1ccc(-c2cccs2)cc1. The zero-order valence-corrected chi connectivity index (χ0v) is 15.9. The van der Waals surface area contributed by atoms with Crippen molar-refractivity contribution in [3.8, 4) is 21.9 Å². The highest BCUT2D eigenvalue weighted by Crippen LogP contribution is 2.23. The molecule has 0 bridgehead atoms. The first-order valence-electron chi connectivity index (χ1n) is 8.40. The van der Waals surface area contributed by atoms with Crippen molar-refractivity contribution in [3.05, 3.63) is 71.9 Å². The van der Waals surface area contributed by atoms with Crippen molar-refractivity contribution in [1.29, 1.82) is 0 Å². The van der Waals surface area contributed by atoms with Crippen molar-refractivity contribution >= 4 is 37.2 Å². The molecule has 2 aromatic carbocycles. The number of aryl methyl sites for hydroxylation is 1. The Morgan fingerprint density at radius 2 is 1.59 bits per heavy atom. The van der Waals surface area contributed by atoms with Gasteiger partial charge in [0.25, 0.3) is 0 Å². The molecular formula is C19H18B2N2O3S. The summed E-state index contributed by atoms with van der Waals surface area (Å²) in [5.41, 5.74) is 3.81. The summed E-state index contributed by atoms with van der Waals surface area (Å²) in [6.45, 7) is 1.78. The summed E-state index contributed by atoms with van der Waals surface area (Å²) in [7, 11) is 0.662. The molecule has 2 heterocycles. The first kappa shape index (κ1) is 19.1. The molecule has 0 saturated heterocycles. The van der Waals surface area contributed by atoms with E-state index in [1.165, 1.54) is 10.3 Å². The van der Waals surface area contributed by atoms with Gasteiger partial charge in [-0.05, 0) is 22.5 Å². The molecule has 0 aliphatic heterocycles. The largest absolute Gasteiger partial charge is 0.488 e. The molecule has 0 radical (unpaired) electrons. The third-order valence-electron chi connectivity index (χ3n) is 3.84. The minimum absolute atomic E-state index is 0.519. The highest BCUT2D eigenvalue weighted by molar-refractivity contribution is 7.13. The van der Waals surface area contributed by atoms with E-state index in [1.807, 2.05) is 61.8 Å². The van der Waals surface area contributed by atoms with Gasteiger partial charge in [-0.1, -0.05) is 60.1 Å². The smallest absolute Gasteiger partial charge is 0.423 e. The van der Waals surface area contributed by atoms with Crippen molar-refractivity contribution in [2.45, 2.75) is 6.92 Å². The molecule has 0 unspecified atom stereocenters. The maximum absolute atomic E-state index is 8.90. The Morgan fingerprint density at radius 3 is 2.11 bits per heavy atom. The quantitative estimate of drug-likeness (QED) is 0.529. The lowest BCUT2D eigenvalue weighted by Gasteiger charge is -2.00. The highest BCUT2D eigenvalue weighted by atomic mass is 32.1. The van der Waals surface area contributed by atoms with E-state index >= 15 is 0 Å². The molecule has 0 amide bonds. The minimum atomic E-state index is -1.38. The van der Waals surface area contributed by atoms with Crippen molar-refractivity contribution < 1.29 is 14.5 Å². The van der Waals surface area contributed by atoms with E-state index in [9.17, 15) is 0 Å². The first-order valence-corrected chi connectivity index (χ1v) is 9.28. The van der Waals surface area contributed by atoms with Crippen LogP contribution in [-0.2, 0) is 0 Å². The van der Waals surface area contributed by atoms with E-state index in [0.29, 0.717) is 17.2 Å². The van der Waals surface area contributed by atoms with E-state index in [0.717, 1.165) is 11.1 Å². The monoisotopic (exact) mass is 376 g/mol. The summed E-state index contributed by atoms with van der Waals surface area (Å²) in [4.78, 5) is 1.18. The second-order valence-electron chi connectivity index (χ2n) is 5.97. The standard InChI is InChI=1S/C10H9BO2S.C9H9BN2O/c12-11(13)9-5-3-8(4-6-9)10-2-1-7-14-10;1-6-11-12-9(13-6)7-2-4-8(10)5-3-7/h1-7,12-13H;2-5H,10H2,1H3. The maximum Gasteiger partial charge on any atom is 0.488 e. The Hall–Kier alpha value is -2.67. The molecule has 5 nitrogen and oxygen atoms in total. The number of nitrogens with zero attached hydrogens (tertiary/aromatic N) is 2. The third kappa shape index (κ3) is 5.17. The minimum Gasteiger partial charge on any atom is -0.423 e. The molecule has 0 aliphatic carbocycles. The molecule has 0 aliphatic rings. The van der Waals surface area contributed by atoms with Crippen LogP contribution in [0.15, 0.2) is 70.5 Å². The van der Waals surface area contributed by atoms with Crippen molar-refractivity contribution in [1.82, 2.24) is 10.2 Å². The van der Waals surface area contributed by atoms with Crippen LogP contribution in [0.25, 0.3) is 21.9 Å². The molecule has 8 heteroatoms. The lowest BCUT2D eigenvalue weighted by atomic mass is 9.80. The molecule has 4 aromatic rings. The van der Waals surface area contributed by atoms with Crippen LogP contribution in [0.2, 0.25) is 0 Å². The predicted octanol–water partition coefficient (Wildman–Crippen LogP) is 1.40. The summed E-state index contributed by atoms with van der Waals surface area (Å²) < 4.78 is 5.29. The molecule has 2 aromatic heterocycles. The van der Waals surface area contributed by atoms with E-state index in [2.05, 4.69) is 10.2 Å². The number of thiophene rings is 1. The highest BCUT2D eigenvalue weighted by Gasteiger charge is 2.10. The van der Waals surface area contributed by atoms with Crippen LogP contribution in [0.5, 0.6) is 0 Å². The lowest BCUT2D eigenvalue weighted by molar-refractivity contribution is 0.426. The molecule has 2 N–H and O–H groups in total. The van der Waals surface area contributed by atoms with Gasteiger partial charge in [0.05, 0.1) is 0 Å². The Kier molecular flexibility index (Phi) is 6.24. The normalized spacial score (nSPS) is 10.2. The predicted molar refractivity (Wildman–Crippen MR) is 112 cm³/mol. The van der Waals surface area contributed by atoms with Crippen LogP contribution in [0.4, 0.5) is 0 Å². The molecule has 0 fully saturated rings. The van der Waals surface area contributed by atoms with Gasteiger partial charge in [0.2, 0.25) is 11.8 Å². The fourth-order valence-corrected chi connectivity index (χ4v) is 3.10. The second-order valence-corrected chi connectivity index (χ2v) is 6.91. The molecule has 0 spiro atoms. The Morgan fingerprint density at radius 1 is 0.926 bits per heavy atom. The molecule has 4 rings (SSSR count). The lowest BCUT2D eigenvalue weighted by Crippen LogP contribution is -2.29. The zero-order valence-electron chi connectivity index (χ0n) is 15.0. The average Bonchev–Trinajstić information content (AvgIpc) is 3.35. The summed E-state index contributed by atoms with van der Waals surface area (Å²) in [5, 5.41) is 27.5. The van der Waals surface area contributed by atoms with E-state index < -0.39 is 7.12 Å². The zero-order chi connectivity index (χ0) is 19.2. The van der Waals surface area contributed by atoms with E-state index in [1.54, 1.807) is 30.4 Å². The molecule has 0 atom stereocenters. The second kappa shape index (κ2) is 8.81. The van der Waals surface area contributed by atoms with Gasteiger partial charge in [-0.3, -0.25) is 0 Å². The molecule has 134 valence electrons. The van der Waals surface area contributed by atoms with E-state index in [-0.39, 0.29) is 0 Å². The Balaban J connectivity index is 0.000000156. The van der Waals surface area contributed by atoms with Gasteiger partial charge in [-0.2, -0.15) is 0 Å². The summed E-state index contributed by atoms with van der Waals surface area (Å²) in [5.74, 6) is 1.17. The summed E-state index contributed by atoms with van der Waals surface area (Å²) in [6.07, 6.45) is 0. The van der Waals surface area contributed by atoms with Crippen LogP contribution < -0.4 is 10.9 Å². The summed E-state index contributed by atoms with van der Waals surface area (Å²) >= 11 is 1.67. The number of benzene rings is 2. The number of aromatic nitrogens is 2. The van der Waals surface area contributed by atoms with Crippen LogP contribution in [0.3, 0.4) is 0 Å². The van der Waals surface area contributed by atoms with Gasteiger partial charge < -0.3 is 14.5 Å². The molecule has 27 heavy (non-hydrogen) atoms. The maximum atomic E-state index is 8.90. The third-order valence-corrected chi connectivity index (χ3v) is 4.76. The van der Waals surface area contributed by atoms with Gasteiger partial charge in [-0.15, -0.1) is 21.5 Å². The average molecular weight is 376 g/mol. The van der Waals surface area contributed by atoms with Crippen molar-refractivity contribution in [2.24, 2.45) is 0 Å². The fraction of sp³-hybridized carbons (Fsp3) is 0.0526. The van der Waals surface area contributed by atoms with Crippen LogP contribution in [-0.4, -0.2) is 35.2 Å². The van der Waals surface area contributed by atoms with Gasteiger partial charge in [-0.25, -0.2) is 0 Å².